The fraction of sp³-hybridized carbons (Fsp3) is 0.0526. The molecule has 1 aliphatic heterocycles. The fourth-order valence-corrected chi connectivity index (χ4v) is 3.31. The van der Waals surface area contributed by atoms with Crippen molar-refractivity contribution >= 4 is 44.0 Å². The average Bonchev–Trinajstić information content (AvgIpc) is 2.66. The molecule has 1 N–H and O–H groups in total. The first-order valence-electron chi connectivity index (χ1n) is 7.97. The average molecular weight is 353 g/mol. The van der Waals surface area contributed by atoms with Crippen LogP contribution in [0.1, 0.15) is 17.5 Å². The number of carbonyl (C=O) groups is 2. The molecule has 0 aromatic heterocycles. The number of phenols is 1. The van der Waals surface area contributed by atoms with Gasteiger partial charge in [0.1, 0.15) is 38.6 Å². The Morgan fingerprint density at radius 1 is 1.11 bits per heavy atom. The van der Waals surface area contributed by atoms with E-state index in [2.05, 4.69) is 5.18 Å². The molecule has 0 unspecified atom stereocenters. The molecule has 0 saturated carbocycles. The molecular formula is C19H9B2NO5. The zero-order valence-electron chi connectivity index (χ0n) is 13.9. The summed E-state index contributed by atoms with van der Waals surface area (Å²) in [4.78, 5) is 35.2. The van der Waals surface area contributed by atoms with E-state index in [0.29, 0.717) is 22.3 Å². The maximum Gasteiger partial charge on any atom is 0.218 e. The summed E-state index contributed by atoms with van der Waals surface area (Å²) in [5.41, 5.74) is 1.15. The third kappa shape index (κ3) is 2.44. The third-order valence-electron chi connectivity index (χ3n) is 4.55. The first kappa shape index (κ1) is 17.0. The largest absolute Gasteiger partial charge is 0.506 e. The zero-order chi connectivity index (χ0) is 19.3. The molecule has 6 nitrogen and oxygen atoms in total. The molecule has 1 heterocycles. The van der Waals surface area contributed by atoms with E-state index in [1.165, 1.54) is 6.07 Å². The van der Waals surface area contributed by atoms with E-state index in [4.69, 9.17) is 20.4 Å². The molecule has 0 atom stereocenters. The second-order valence-electron chi connectivity index (χ2n) is 6.12. The molecule has 0 saturated heterocycles. The molecule has 2 aliphatic rings. The van der Waals surface area contributed by atoms with Crippen molar-refractivity contribution in [2.45, 2.75) is 6.42 Å². The van der Waals surface area contributed by atoms with Gasteiger partial charge in [-0.3, -0.25) is 9.59 Å². The standard InChI is InChI=1S/C19H9B2NO5/c20-14-16(22-26)11(23)6-9-13(8-4-2-1-3-5-8)10-7-12(24)17(25)15(21)19(10)27-18(9)14/h1-6,23H,7H2. The monoisotopic (exact) mass is 353 g/mol. The van der Waals surface area contributed by atoms with Gasteiger partial charge in [-0.15, -0.1) is 4.91 Å². The molecule has 0 bridgehead atoms. The van der Waals surface area contributed by atoms with Crippen molar-refractivity contribution in [3.8, 4) is 11.5 Å². The minimum Gasteiger partial charge on any atom is -0.506 e. The number of aromatic hydroxyl groups is 1. The first-order chi connectivity index (χ1) is 12.9. The fourth-order valence-electron chi connectivity index (χ4n) is 3.31. The third-order valence-corrected chi connectivity index (χ3v) is 4.55. The van der Waals surface area contributed by atoms with Gasteiger partial charge in [0.2, 0.25) is 11.6 Å². The second-order valence-corrected chi connectivity index (χ2v) is 6.12. The maximum absolute atomic E-state index is 12.1. The van der Waals surface area contributed by atoms with Crippen LogP contribution in [0.4, 0.5) is 5.69 Å². The van der Waals surface area contributed by atoms with E-state index in [1.807, 2.05) is 6.07 Å². The van der Waals surface area contributed by atoms with Crippen LogP contribution in [-0.4, -0.2) is 32.4 Å². The van der Waals surface area contributed by atoms with Crippen LogP contribution in [0.15, 0.2) is 58.4 Å². The van der Waals surface area contributed by atoms with E-state index in [9.17, 15) is 19.6 Å². The van der Waals surface area contributed by atoms with Crippen LogP contribution >= 0.6 is 0 Å². The summed E-state index contributed by atoms with van der Waals surface area (Å²) in [5.74, 6) is -1.84. The molecule has 126 valence electrons. The number of hydrogen-bond acceptors (Lipinski definition) is 6. The van der Waals surface area contributed by atoms with Gasteiger partial charge in [0.25, 0.3) is 0 Å². The first-order valence-corrected chi connectivity index (χ1v) is 7.97. The SMILES string of the molecule is [B]C1=C2Oc3c(cc(O)c(N=O)c3[B])C(c3ccccc3)=C2CC(=O)C1=O. The van der Waals surface area contributed by atoms with E-state index < -0.39 is 17.3 Å². The number of benzene rings is 2. The van der Waals surface area contributed by atoms with Gasteiger partial charge in [-0.05, 0) is 27.7 Å². The summed E-state index contributed by atoms with van der Waals surface area (Å²) in [6.07, 6.45) is -0.202. The van der Waals surface area contributed by atoms with Crippen molar-refractivity contribution in [3.05, 3.63) is 69.2 Å². The van der Waals surface area contributed by atoms with Gasteiger partial charge < -0.3 is 9.84 Å². The Kier molecular flexibility index (Phi) is 3.84. The van der Waals surface area contributed by atoms with Crippen molar-refractivity contribution in [2.24, 2.45) is 5.18 Å². The lowest BCUT2D eigenvalue weighted by Crippen LogP contribution is -2.30. The molecule has 27 heavy (non-hydrogen) atoms. The molecule has 1 aliphatic carbocycles. The maximum atomic E-state index is 12.1. The minimum absolute atomic E-state index is 0.0280. The minimum atomic E-state index is -0.837. The Balaban J connectivity index is 2.13. The topological polar surface area (TPSA) is 93.0 Å². The number of nitroso groups, excluding NO2 is 1. The predicted molar refractivity (Wildman–Crippen MR) is 99.5 cm³/mol. The van der Waals surface area contributed by atoms with Crippen LogP contribution in [0.5, 0.6) is 11.5 Å². The summed E-state index contributed by atoms with van der Waals surface area (Å²) in [6.45, 7) is 0. The predicted octanol–water partition coefficient (Wildman–Crippen LogP) is 1.70. The van der Waals surface area contributed by atoms with Crippen molar-refractivity contribution in [1.29, 1.82) is 0 Å². The number of ether oxygens (including phenoxy) is 1. The number of phenolic OH excluding ortho intramolecular Hbond substituents is 1. The Hall–Kier alpha value is -3.41. The second kappa shape index (κ2) is 6.09. The van der Waals surface area contributed by atoms with Crippen molar-refractivity contribution in [2.75, 3.05) is 0 Å². The number of allylic oxidation sites excluding steroid dienone is 2. The number of fused-ring (bicyclic) bond motifs is 2. The van der Waals surface area contributed by atoms with Gasteiger partial charge >= 0.3 is 0 Å². The highest BCUT2D eigenvalue weighted by molar-refractivity contribution is 6.57. The van der Waals surface area contributed by atoms with E-state index >= 15 is 0 Å². The van der Waals surface area contributed by atoms with Crippen LogP contribution < -0.4 is 10.2 Å². The van der Waals surface area contributed by atoms with Gasteiger partial charge in [-0.2, -0.15) is 0 Å². The summed E-state index contributed by atoms with van der Waals surface area (Å²) in [5, 5.41) is 12.9. The lowest BCUT2D eigenvalue weighted by molar-refractivity contribution is -0.134. The number of carbonyl (C=O) groups excluding carboxylic acids is 2. The molecule has 2 aromatic carbocycles. The van der Waals surface area contributed by atoms with Crippen molar-refractivity contribution in [1.82, 2.24) is 0 Å². The Morgan fingerprint density at radius 3 is 2.48 bits per heavy atom. The quantitative estimate of drug-likeness (QED) is 0.504. The number of ketones is 2. The summed E-state index contributed by atoms with van der Waals surface area (Å²) in [7, 11) is 11.8. The number of rotatable bonds is 2. The molecule has 2 aromatic rings. The van der Waals surface area contributed by atoms with E-state index in [1.54, 1.807) is 24.3 Å². The Morgan fingerprint density at radius 2 is 1.81 bits per heavy atom. The lowest BCUT2D eigenvalue weighted by atomic mass is 9.75. The summed E-state index contributed by atoms with van der Waals surface area (Å²) >= 11 is 0. The Labute approximate surface area is 156 Å². The number of nitrogens with zero attached hydrogens (tertiary/aromatic N) is 1. The van der Waals surface area contributed by atoms with Gasteiger partial charge in [0.05, 0.1) is 0 Å². The van der Waals surface area contributed by atoms with E-state index in [0.717, 1.165) is 0 Å². The van der Waals surface area contributed by atoms with Crippen LogP contribution in [0.25, 0.3) is 5.57 Å². The molecule has 0 amide bonds. The van der Waals surface area contributed by atoms with Crippen molar-refractivity contribution < 1.29 is 19.4 Å². The van der Waals surface area contributed by atoms with Crippen LogP contribution in [0.2, 0.25) is 0 Å². The Bertz CT molecular complexity index is 1100. The summed E-state index contributed by atoms with van der Waals surface area (Å²) in [6, 6.07) is 10.3. The molecule has 4 rings (SSSR count). The van der Waals surface area contributed by atoms with Crippen molar-refractivity contribution in [3.63, 3.8) is 0 Å². The van der Waals surface area contributed by atoms with Gasteiger partial charge in [0.15, 0.2) is 0 Å². The molecule has 0 spiro atoms. The number of hydrogen-bond donors (Lipinski definition) is 1. The van der Waals surface area contributed by atoms with Gasteiger partial charge in [-0.25, -0.2) is 0 Å². The van der Waals surface area contributed by atoms with Gasteiger partial charge in [0, 0.05) is 23.1 Å². The lowest BCUT2D eigenvalue weighted by Gasteiger charge is -2.31. The van der Waals surface area contributed by atoms with E-state index in [-0.39, 0.29) is 34.6 Å². The molecule has 8 heteroatoms. The van der Waals surface area contributed by atoms with Crippen LogP contribution in [0.3, 0.4) is 0 Å². The van der Waals surface area contributed by atoms with Gasteiger partial charge in [-0.1, -0.05) is 30.3 Å². The number of Topliss-reactive ketones (excluding diaryl/α,β-unsaturated/α-hetero) is 2. The highest BCUT2D eigenvalue weighted by atomic mass is 16.5. The smallest absolute Gasteiger partial charge is 0.218 e. The van der Waals surface area contributed by atoms with Crippen LogP contribution in [0, 0.1) is 4.91 Å². The highest BCUT2D eigenvalue weighted by Gasteiger charge is 2.37. The molecule has 4 radical (unpaired) electrons. The zero-order valence-corrected chi connectivity index (χ0v) is 13.9. The summed E-state index contributed by atoms with van der Waals surface area (Å²) < 4.78 is 5.74. The normalized spacial score (nSPS) is 16.0. The molecule has 0 fully saturated rings. The molecular weight excluding hydrogens is 344 g/mol. The highest BCUT2D eigenvalue weighted by Crippen LogP contribution is 2.46. The van der Waals surface area contributed by atoms with Crippen LogP contribution in [-0.2, 0) is 9.59 Å².